The third kappa shape index (κ3) is 0.860. The fourth-order valence-corrected chi connectivity index (χ4v) is 1.98. The summed E-state index contributed by atoms with van der Waals surface area (Å²) in [5.41, 5.74) is 7.58. The first-order valence-electron chi connectivity index (χ1n) is 5.10. The summed E-state index contributed by atoms with van der Waals surface area (Å²) < 4.78 is 2.09. The molecule has 0 aromatic carbocycles. The van der Waals surface area contributed by atoms with E-state index >= 15 is 0 Å². The molecule has 2 aromatic rings. The maximum Gasteiger partial charge on any atom is 0.229 e. The van der Waals surface area contributed by atoms with Crippen molar-refractivity contribution in [1.82, 2.24) is 19.5 Å². The molecule has 4 rings (SSSR count). The Labute approximate surface area is 85.7 Å². The molecule has 0 radical (unpaired) electrons. The second-order valence-corrected chi connectivity index (χ2v) is 4.00. The largest absolute Gasteiger partial charge is 0.382 e. The fourth-order valence-electron chi connectivity index (χ4n) is 1.98. The van der Waals surface area contributed by atoms with E-state index in [1.165, 1.54) is 0 Å². The topological polar surface area (TPSA) is 72.6 Å². The van der Waals surface area contributed by atoms with Crippen LogP contribution in [-0.2, 0) is 13.0 Å². The van der Waals surface area contributed by atoms with Gasteiger partial charge in [0.2, 0.25) is 5.95 Å². The van der Waals surface area contributed by atoms with Gasteiger partial charge in [-0.1, -0.05) is 0 Å². The smallest absolute Gasteiger partial charge is 0.229 e. The van der Waals surface area contributed by atoms with Gasteiger partial charge in [0.1, 0.15) is 11.3 Å². The van der Waals surface area contributed by atoms with E-state index in [4.69, 9.17) is 5.73 Å². The normalized spacial score (nSPS) is 17.7. The molecule has 0 atom stereocenters. The maximum absolute atomic E-state index is 5.93. The van der Waals surface area contributed by atoms with Gasteiger partial charge in [-0.2, -0.15) is 9.97 Å². The lowest BCUT2D eigenvalue weighted by Crippen LogP contribution is -2.18. The summed E-state index contributed by atoms with van der Waals surface area (Å²) in [4.78, 5) is 15.2. The number of nitrogens with two attached hydrogens (primary N) is 1. The third-order valence-corrected chi connectivity index (χ3v) is 2.99. The number of fused-ring (bicyclic) bond motifs is 3. The van der Waals surface area contributed by atoms with Crippen LogP contribution in [0.25, 0.3) is 11.2 Å². The quantitative estimate of drug-likeness (QED) is 0.647. The van der Waals surface area contributed by atoms with Crippen LogP contribution in [0.4, 0.5) is 11.8 Å². The van der Waals surface area contributed by atoms with E-state index in [1.54, 1.807) is 0 Å². The van der Waals surface area contributed by atoms with Crippen molar-refractivity contribution in [2.24, 2.45) is 0 Å². The van der Waals surface area contributed by atoms with Gasteiger partial charge in [0.25, 0.3) is 0 Å². The van der Waals surface area contributed by atoms with Crippen LogP contribution >= 0.6 is 0 Å². The van der Waals surface area contributed by atoms with E-state index in [0.717, 1.165) is 49.0 Å². The van der Waals surface area contributed by atoms with Crippen molar-refractivity contribution >= 4 is 22.9 Å². The summed E-state index contributed by atoms with van der Waals surface area (Å²) in [5.74, 6) is 2.35. The lowest BCUT2D eigenvalue weighted by molar-refractivity contribution is 0.554. The second kappa shape index (κ2) is 2.21. The predicted molar refractivity (Wildman–Crippen MR) is 55.7 cm³/mol. The number of nitrogens with zero attached hydrogens (tertiary/aromatic N) is 5. The second-order valence-electron chi connectivity index (χ2n) is 4.00. The van der Waals surface area contributed by atoms with Gasteiger partial charge < -0.3 is 15.2 Å². The van der Waals surface area contributed by atoms with Crippen molar-refractivity contribution in [3.8, 4) is 0 Å². The molecule has 0 saturated carbocycles. The highest BCUT2D eigenvalue weighted by Gasteiger charge is 2.26. The lowest BCUT2D eigenvalue weighted by Gasteiger charge is -2.16. The van der Waals surface area contributed by atoms with E-state index in [-0.39, 0.29) is 0 Å². The van der Waals surface area contributed by atoms with Crippen LogP contribution in [0.1, 0.15) is 5.82 Å². The van der Waals surface area contributed by atoms with Gasteiger partial charge in [-0.3, -0.25) is 0 Å². The van der Waals surface area contributed by atoms with Gasteiger partial charge in [-0.05, 0) is 0 Å². The maximum atomic E-state index is 5.93. The molecule has 76 valence electrons. The van der Waals surface area contributed by atoms with E-state index in [9.17, 15) is 0 Å². The van der Waals surface area contributed by atoms with E-state index in [0.29, 0.717) is 5.82 Å². The number of nitrogen functional groups attached to an aromatic ring is 1. The van der Waals surface area contributed by atoms with Crippen LogP contribution in [0.2, 0.25) is 0 Å². The summed E-state index contributed by atoms with van der Waals surface area (Å²) in [6, 6.07) is 0. The Morgan fingerprint density at radius 1 is 1.07 bits per heavy atom. The van der Waals surface area contributed by atoms with Crippen LogP contribution in [0.3, 0.4) is 0 Å². The van der Waals surface area contributed by atoms with Crippen LogP contribution in [0, 0.1) is 0 Å². The van der Waals surface area contributed by atoms with Gasteiger partial charge in [0.05, 0.1) is 0 Å². The molecule has 0 unspecified atom stereocenters. The molecule has 2 N–H and O–H groups in total. The van der Waals surface area contributed by atoms with E-state index in [2.05, 4.69) is 24.4 Å². The lowest BCUT2D eigenvalue weighted by atomic mass is 10.3. The highest BCUT2D eigenvalue weighted by atomic mass is 15.4. The van der Waals surface area contributed by atoms with Crippen molar-refractivity contribution in [2.45, 2.75) is 13.0 Å². The molecule has 2 aliphatic rings. The Bertz CT molecular complexity index is 567. The first-order valence-corrected chi connectivity index (χ1v) is 5.10. The van der Waals surface area contributed by atoms with Gasteiger partial charge in [-0.15, -0.1) is 0 Å². The molecule has 4 heterocycles. The average Bonchev–Trinajstić information content (AvgIpc) is 2.96. The monoisotopic (exact) mass is 202 g/mol. The van der Waals surface area contributed by atoms with Gasteiger partial charge in [0, 0.05) is 26.1 Å². The van der Waals surface area contributed by atoms with Crippen LogP contribution < -0.4 is 10.6 Å². The van der Waals surface area contributed by atoms with Crippen LogP contribution in [0.15, 0.2) is 0 Å². The van der Waals surface area contributed by atoms with Crippen molar-refractivity contribution in [3.63, 3.8) is 0 Å². The van der Waals surface area contributed by atoms with Crippen LogP contribution in [0.5, 0.6) is 0 Å². The summed E-state index contributed by atoms with van der Waals surface area (Å²) in [7, 11) is 0. The SMILES string of the molecule is Nc1nc(N2CC2)nc2nc3n(c12)CC3. The minimum atomic E-state index is 0.556. The number of rotatable bonds is 1. The summed E-state index contributed by atoms with van der Waals surface area (Å²) in [6.45, 7) is 3.04. The number of hydrogen-bond acceptors (Lipinski definition) is 5. The molecule has 2 aromatic heterocycles. The summed E-state index contributed by atoms with van der Waals surface area (Å²) in [6.07, 6.45) is 1.02. The molecule has 6 nitrogen and oxygen atoms in total. The minimum Gasteiger partial charge on any atom is -0.382 e. The Kier molecular flexibility index (Phi) is 1.10. The molecule has 0 spiro atoms. The zero-order chi connectivity index (χ0) is 9.99. The average molecular weight is 202 g/mol. The molecule has 2 aliphatic heterocycles. The number of aromatic nitrogens is 4. The van der Waals surface area contributed by atoms with Gasteiger partial charge >= 0.3 is 0 Å². The van der Waals surface area contributed by atoms with E-state index < -0.39 is 0 Å². The van der Waals surface area contributed by atoms with Gasteiger partial charge in [-0.25, -0.2) is 4.98 Å². The van der Waals surface area contributed by atoms with Crippen molar-refractivity contribution in [1.29, 1.82) is 0 Å². The highest BCUT2D eigenvalue weighted by molar-refractivity contribution is 5.84. The number of aryl methyl sites for hydroxylation is 2. The van der Waals surface area contributed by atoms with Gasteiger partial charge in [0.15, 0.2) is 11.5 Å². The molecule has 15 heavy (non-hydrogen) atoms. The first-order chi connectivity index (χ1) is 7.33. The van der Waals surface area contributed by atoms with Crippen LogP contribution in [-0.4, -0.2) is 32.6 Å². The summed E-state index contributed by atoms with van der Waals surface area (Å²) in [5, 5.41) is 0. The molecular weight excluding hydrogens is 192 g/mol. The first kappa shape index (κ1) is 7.44. The molecule has 1 fully saturated rings. The molecule has 0 amide bonds. The number of hydrogen-bond donors (Lipinski definition) is 1. The standard InChI is InChI=1S/C9H10N6/c10-7-6-8(11-5-1-2-15(5)6)13-9(12-7)14-3-4-14/h1-4H2,(H2,10,12,13). The molecule has 1 saturated heterocycles. The summed E-state index contributed by atoms with van der Waals surface area (Å²) >= 11 is 0. The zero-order valence-corrected chi connectivity index (χ0v) is 8.14. The van der Waals surface area contributed by atoms with Crippen molar-refractivity contribution < 1.29 is 0 Å². The number of imidazole rings is 1. The Morgan fingerprint density at radius 3 is 2.60 bits per heavy atom. The molecule has 6 heteroatoms. The van der Waals surface area contributed by atoms with E-state index in [1.807, 2.05) is 0 Å². The van der Waals surface area contributed by atoms with Crippen molar-refractivity contribution in [3.05, 3.63) is 5.82 Å². The zero-order valence-electron chi connectivity index (χ0n) is 8.14. The predicted octanol–water partition coefficient (Wildman–Crippen LogP) is -0.215. The Balaban J connectivity index is 2.04. The minimum absolute atomic E-state index is 0.556. The molecule has 0 bridgehead atoms. The molecular formula is C9H10N6. The third-order valence-electron chi connectivity index (χ3n) is 2.99. The Morgan fingerprint density at radius 2 is 1.93 bits per heavy atom. The number of anilines is 2. The fraction of sp³-hybridized carbons (Fsp3) is 0.444. The Hall–Kier alpha value is -1.85. The van der Waals surface area contributed by atoms with Crippen molar-refractivity contribution in [2.75, 3.05) is 23.7 Å². The highest BCUT2D eigenvalue weighted by Crippen LogP contribution is 2.28. The molecule has 0 aliphatic carbocycles.